The van der Waals surface area contributed by atoms with Crippen LogP contribution in [-0.2, 0) is 27.3 Å². The molecule has 176 valence electrons. The molecule has 1 amide bonds. The quantitative estimate of drug-likeness (QED) is 0.388. The van der Waals surface area contributed by atoms with E-state index in [2.05, 4.69) is 15.4 Å². The van der Waals surface area contributed by atoms with Gasteiger partial charge in [-0.05, 0) is 38.5 Å². The van der Waals surface area contributed by atoms with Crippen molar-refractivity contribution >= 4 is 39.4 Å². The van der Waals surface area contributed by atoms with E-state index in [0.29, 0.717) is 23.1 Å². The molecule has 9 nitrogen and oxygen atoms in total. The van der Waals surface area contributed by atoms with E-state index in [-0.39, 0.29) is 36.8 Å². The van der Waals surface area contributed by atoms with Gasteiger partial charge in [0.05, 0.1) is 30.1 Å². The van der Waals surface area contributed by atoms with Gasteiger partial charge in [-0.25, -0.2) is 9.67 Å². The highest BCUT2D eigenvalue weighted by atomic mass is 32.1. The third-order valence-corrected chi connectivity index (χ3v) is 6.09. The minimum atomic E-state index is -0.362. The van der Waals surface area contributed by atoms with Crippen molar-refractivity contribution < 1.29 is 14.3 Å². The number of rotatable bonds is 8. The van der Waals surface area contributed by atoms with Crippen LogP contribution in [0.25, 0.3) is 16.7 Å². The number of carbonyl (C=O) groups excluding carboxylic acids is 2. The molecule has 0 unspecified atom stereocenters. The van der Waals surface area contributed by atoms with Gasteiger partial charge in [0.1, 0.15) is 5.65 Å². The fourth-order valence-corrected chi connectivity index (χ4v) is 4.56. The number of benzene rings is 1. The maximum Gasteiger partial charge on any atom is 0.311 e. The van der Waals surface area contributed by atoms with Crippen LogP contribution in [-0.4, -0.2) is 37.8 Å². The number of nitrogens with zero attached hydrogens (tertiary/aromatic N) is 4. The number of fused-ring (bicyclic) bond motifs is 1. The van der Waals surface area contributed by atoms with Crippen molar-refractivity contribution in [2.45, 2.75) is 40.2 Å². The van der Waals surface area contributed by atoms with Gasteiger partial charge in [-0.3, -0.25) is 19.0 Å². The first-order valence-corrected chi connectivity index (χ1v) is 11.8. The van der Waals surface area contributed by atoms with E-state index in [1.807, 2.05) is 44.2 Å². The van der Waals surface area contributed by atoms with Gasteiger partial charge in [-0.1, -0.05) is 18.2 Å². The summed E-state index contributed by atoms with van der Waals surface area (Å²) in [7, 11) is 0. The van der Waals surface area contributed by atoms with Gasteiger partial charge < -0.3 is 10.1 Å². The predicted octanol–water partition coefficient (Wildman–Crippen LogP) is 3.39. The SMILES string of the molecule is CCOC(=O)Cc1csc(NC(=O)CCn2c(=O)cc(C)c3c(C)nn(-c4ccccc4)c32)n1. The smallest absolute Gasteiger partial charge is 0.311 e. The van der Waals surface area contributed by atoms with Crippen LogP contribution < -0.4 is 10.9 Å². The lowest BCUT2D eigenvalue weighted by Crippen LogP contribution is -2.25. The average molecular weight is 480 g/mol. The van der Waals surface area contributed by atoms with Gasteiger partial charge in [0.2, 0.25) is 5.91 Å². The fraction of sp³-hybridized carbons (Fsp3) is 0.292. The zero-order chi connectivity index (χ0) is 24.2. The number of aromatic nitrogens is 4. The maximum absolute atomic E-state index is 12.9. The second-order valence-electron chi connectivity index (χ2n) is 7.77. The number of para-hydroxylation sites is 1. The Labute approximate surface area is 200 Å². The summed E-state index contributed by atoms with van der Waals surface area (Å²) >= 11 is 1.24. The normalized spacial score (nSPS) is 11.0. The highest BCUT2D eigenvalue weighted by Crippen LogP contribution is 2.24. The minimum absolute atomic E-state index is 0.0553. The number of thiazole rings is 1. The highest BCUT2D eigenvalue weighted by molar-refractivity contribution is 7.13. The number of nitrogens with one attached hydrogen (secondary N) is 1. The zero-order valence-electron chi connectivity index (χ0n) is 19.2. The molecule has 0 bridgehead atoms. The van der Waals surface area contributed by atoms with Crippen LogP contribution >= 0.6 is 11.3 Å². The summed E-state index contributed by atoms with van der Waals surface area (Å²) in [4.78, 5) is 41.4. The third-order valence-electron chi connectivity index (χ3n) is 5.28. The van der Waals surface area contributed by atoms with E-state index in [1.54, 1.807) is 27.6 Å². The van der Waals surface area contributed by atoms with Crippen LogP contribution in [0.2, 0.25) is 0 Å². The van der Waals surface area contributed by atoms with Crippen molar-refractivity contribution in [3.63, 3.8) is 0 Å². The summed E-state index contributed by atoms with van der Waals surface area (Å²) < 4.78 is 8.26. The Morgan fingerprint density at radius 1 is 1.18 bits per heavy atom. The zero-order valence-corrected chi connectivity index (χ0v) is 20.0. The molecule has 0 aliphatic rings. The van der Waals surface area contributed by atoms with Crippen molar-refractivity contribution in [2.24, 2.45) is 0 Å². The Balaban J connectivity index is 1.55. The van der Waals surface area contributed by atoms with E-state index in [4.69, 9.17) is 4.74 Å². The van der Waals surface area contributed by atoms with Crippen molar-refractivity contribution in [1.29, 1.82) is 0 Å². The largest absolute Gasteiger partial charge is 0.466 e. The lowest BCUT2D eigenvalue weighted by molar-refractivity contribution is -0.142. The van der Waals surface area contributed by atoms with Crippen LogP contribution in [0.15, 0.2) is 46.6 Å². The Morgan fingerprint density at radius 2 is 1.94 bits per heavy atom. The Hall–Kier alpha value is -3.79. The molecule has 3 heterocycles. The van der Waals surface area contributed by atoms with E-state index in [1.165, 1.54) is 11.3 Å². The van der Waals surface area contributed by atoms with Gasteiger partial charge in [-0.15, -0.1) is 11.3 Å². The summed E-state index contributed by atoms with van der Waals surface area (Å²) in [6.07, 6.45) is 0.129. The number of aryl methyl sites for hydroxylation is 3. The summed E-state index contributed by atoms with van der Waals surface area (Å²) in [5.74, 6) is -0.640. The van der Waals surface area contributed by atoms with Crippen LogP contribution in [0.1, 0.15) is 30.3 Å². The monoisotopic (exact) mass is 479 g/mol. The molecule has 0 atom stereocenters. The number of ether oxygens (including phenoxy) is 1. The van der Waals surface area contributed by atoms with Gasteiger partial charge in [0, 0.05) is 29.8 Å². The fourth-order valence-electron chi connectivity index (χ4n) is 3.83. The summed E-state index contributed by atoms with van der Waals surface area (Å²) in [5.41, 5.74) is 3.50. The molecule has 0 saturated carbocycles. The van der Waals surface area contributed by atoms with Crippen molar-refractivity contribution in [3.8, 4) is 5.69 Å². The minimum Gasteiger partial charge on any atom is -0.466 e. The van der Waals surface area contributed by atoms with Gasteiger partial charge in [-0.2, -0.15) is 5.10 Å². The standard InChI is InChI=1S/C24H25N5O4S/c1-4-33-21(32)13-17-14-34-24(25-17)26-19(30)10-11-28-20(31)12-15(2)22-16(3)27-29(23(22)28)18-8-6-5-7-9-18/h5-9,12,14H,4,10-11,13H2,1-3H3,(H,25,26,30). The number of hydrogen-bond acceptors (Lipinski definition) is 7. The first-order chi connectivity index (χ1) is 16.4. The molecule has 10 heteroatoms. The lowest BCUT2D eigenvalue weighted by Gasteiger charge is -2.12. The molecular formula is C24H25N5O4S. The molecule has 0 aliphatic carbocycles. The number of esters is 1. The lowest BCUT2D eigenvalue weighted by atomic mass is 10.1. The number of pyridine rings is 1. The van der Waals surface area contributed by atoms with E-state index >= 15 is 0 Å². The second-order valence-corrected chi connectivity index (χ2v) is 8.63. The molecular weight excluding hydrogens is 454 g/mol. The van der Waals surface area contributed by atoms with E-state index < -0.39 is 0 Å². The first-order valence-electron chi connectivity index (χ1n) is 10.9. The number of carbonyl (C=O) groups is 2. The molecule has 0 aliphatic heterocycles. The van der Waals surface area contributed by atoms with Crippen LogP contribution in [0.4, 0.5) is 5.13 Å². The van der Waals surface area contributed by atoms with E-state index in [0.717, 1.165) is 22.3 Å². The first kappa shape index (κ1) is 23.4. The maximum atomic E-state index is 12.9. The van der Waals surface area contributed by atoms with E-state index in [9.17, 15) is 14.4 Å². The molecule has 1 N–H and O–H groups in total. The molecule has 34 heavy (non-hydrogen) atoms. The summed E-state index contributed by atoms with van der Waals surface area (Å²) in [5, 5.41) is 10.4. The number of anilines is 1. The van der Waals surface area contributed by atoms with Crippen molar-refractivity contribution in [2.75, 3.05) is 11.9 Å². The van der Waals surface area contributed by atoms with Crippen LogP contribution in [0, 0.1) is 13.8 Å². The Morgan fingerprint density at radius 3 is 2.68 bits per heavy atom. The molecule has 4 rings (SSSR count). The molecule has 1 aromatic carbocycles. The molecule has 3 aromatic heterocycles. The average Bonchev–Trinajstić information content (AvgIpc) is 3.38. The van der Waals surface area contributed by atoms with Gasteiger partial charge >= 0.3 is 5.97 Å². The van der Waals surface area contributed by atoms with Crippen molar-refractivity contribution in [1.82, 2.24) is 19.3 Å². The van der Waals surface area contributed by atoms with Crippen LogP contribution in [0.3, 0.4) is 0 Å². The Bertz CT molecular complexity index is 1400. The highest BCUT2D eigenvalue weighted by Gasteiger charge is 2.18. The van der Waals surface area contributed by atoms with Gasteiger partial charge in [0.15, 0.2) is 5.13 Å². The Kier molecular flexibility index (Phi) is 6.87. The van der Waals surface area contributed by atoms with Gasteiger partial charge in [0.25, 0.3) is 5.56 Å². The molecule has 4 aromatic rings. The summed E-state index contributed by atoms with van der Waals surface area (Å²) in [6, 6.07) is 11.2. The number of hydrogen-bond donors (Lipinski definition) is 1. The molecule has 0 fully saturated rings. The van der Waals surface area contributed by atoms with Crippen molar-refractivity contribution in [3.05, 3.63) is 69.1 Å². The molecule has 0 saturated heterocycles. The molecule has 0 radical (unpaired) electrons. The van der Waals surface area contributed by atoms with Crippen LogP contribution in [0.5, 0.6) is 0 Å². The molecule has 0 spiro atoms. The second kappa shape index (κ2) is 10.0. The summed E-state index contributed by atoms with van der Waals surface area (Å²) in [6.45, 7) is 6.03. The number of amides is 1. The third kappa shape index (κ3) is 4.91. The predicted molar refractivity (Wildman–Crippen MR) is 131 cm³/mol. The topological polar surface area (TPSA) is 108 Å².